The Kier molecular flexibility index (Phi) is 3.99. The molecular formula is C18H22N6O. The van der Waals surface area contributed by atoms with Crippen LogP contribution in [0.3, 0.4) is 0 Å². The Balaban J connectivity index is 1.55. The van der Waals surface area contributed by atoms with Crippen molar-refractivity contribution in [2.75, 3.05) is 5.32 Å². The van der Waals surface area contributed by atoms with E-state index in [4.69, 9.17) is 0 Å². The molecular weight excluding hydrogens is 316 g/mol. The lowest BCUT2D eigenvalue weighted by atomic mass is 10.2. The molecule has 7 nitrogen and oxygen atoms in total. The second-order valence-electron chi connectivity index (χ2n) is 6.91. The van der Waals surface area contributed by atoms with Crippen LogP contribution in [0.1, 0.15) is 62.0 Å². The van der Waals surface area contributed by atoms with Crippen LogP contribution >= 0.6 is 0 Å². The Labute approximate surface area is 146 Å². The van der Waals surface area contributed by atoms with E-state index in [0.29, 0.717) is 17.3 Å². The quantitative estimate of drug-likeness (QED) is 0.789. The van der Waals surface area contributed by atoms with E-state index in [1.165, 1.54) is 25.7 Å². The maximum atomic E-state index is 12.5. The summed E-state index contributed by atoms with van der Waals surface area (Å²) in [5, 5.41) is 7.09. The predicted molar refractivity (Wildman–Crippen MR) is 95.6 cm³/mol. The molecule has 1 aliphatic rings. The number of imidazole rings is 1. The molecule has 0 radical (unpaired) electrons. The fourth-order valence-electron chi connectivity index (χ4n) is 3.38. The largest absolute Gasteiger partial charge is 0.319 e. The summed E-state index contributed by atoms with van der Waals surface area (Å²) in [5.74, 6) is -0.201. The molecule has 130 valence electrons. The van der Waals surface area contributed by atoms with Crippen molar-refractivity contribution in [1.82, 2.24) is 24.3 Å². The lowest BCUT2D eigenvalue weighted by molar-refractivity contribution is 0.102. The average Bonchev–Trinajstić information content (AvgIpc) is 3.33. The summed E-state index contributed by atoms with van der Waals surface area (Å²) in [5.41, 5.74) is 2.80. The van der Waals surface area contributed by atoms with Gasteiger partial charge in [-0.2, -0.15) is 5.10 Å². The van der Waals surface area contributed by atoms with E-state index in [1.54, 1.807) is 23.1 Å². The number of pyridine rings is 1. The molecule has 0 spiro atoms. The van der Waals surface area contributed by atoms with Crippen LogP contribution < -0.4 is 5.32 Å². The minimum Gasteiger partial charge on any atom is -0.319 e. The summed E-state index contributed by atoms with van der Waals surface area (Å²) in [6, 6.07) is 2.54. The molecule has 1 aliphatic carbocycles. The van der Waals surface area contributed by atoms with Crippen molar-refractivity contribution in [2.24, 2.45) is 0 Å². The van der Waals surface area contributed by atoms with E-state index < -0.39 is 0 Å². The molecule has 1 N–H and O–H groups in total. The highest BCUT2D eigenvalue weighted by Gasteiger charge is 2.20. The first-order valence-corrected chi connectivity index (χ1v) is 8.80. The average molecular weight is 338 g/mol. The van der Waals surface area contributed by atoms with Gasteiger partial charge in [-0.3, -0.25) is 9.48 Å². The predicted octanol–water partition coefficient (Wildman–Crippen LogP) is 3.58. The molecule has 0 saturated heterocycles. The first-order valence-electron chi connectivity index (χ1n) is 8.80. The normalized spacial score (nSPS) is 15.3. The zero-order valence-electron chi connectivity index (χ0n) is 14.5. The summed E-state index contributed by atoms with van der Waals surface area (Å²) < 4.78 is 3.96. The maximum Gasteiger partial charge on any atom is 0.257 e. The number of carbonyl (C=O) groups excluding carboxylic acids is 1. The van der Waals surface area contributed by atoms with Crippen LogP contribution in [-0.2, 0) is 0 Å². The van der Waals surface area contributed by atoms with Gasteiger partial charge in [-0.1, -0.05) is 12.8 Å². The van der Waals surface area contributed by atoms with Crippen molar-refractivity contribution in [3.8, 4) is 0 Å². The third-order valence-electron chi connectivity index (χ3n) is 4.78. The second kappa shape index (κ2) is 6.31. The van der Waals surface area contributed by atoms with Crippen molar-refractivity contribution in [1.29, 1.82) is 0 Å². The molecule has 4 rings (SSSR count). The Bertz CT molecular complexity index is 903. The summed E-state index contributed by atoms with van der Waals surface area (Å²) in [6.45, 7) is 4.08. The lowest BCUT2D eigenvalue weighted by Gasteiger charge is -2.11. The third kappa shape index (κ3) is 3.01. The number of rotatable bonds is 4. The fraction of sp³-hybridized carbons (Fsp3) is 0.444. The fourth-order valence-corrected chi connectivity index (χ4v) is 3.38. The van der Waals surface area contributed by atoms with Crippen LogP contribution in [0.4, 0.5) is 5.69 Å². The van der Waals surface area contributed by atoms with Crippen molar-refractivity contribution in [3.05, 3.63) is 36.5 Å². The van der Waals surface area contributed by atoms with Crippen molar-refractivity contribution < 1.29 is 4.79 Å². The van der Waals surface area contributed by atoms with Gasteiger partial charge in [0.1, 0.15) is 5.52 Å². The number of hydrogen-bond acceptors (Lipinski definition) is 4. The number of anilines is 1. The molecule has 7 heteroatoms. The number of nitrogens with one attached hydrogen (secondary N) is 1. The van der Waals surface area contributed by atoms with Gasteiger partial charge in [0.25, 0.3) is 5.91 Å². The van der Waals surface area contributed by atoms with E-state index in [0.717, 1.165) is 11.2 Å². The Morgan fingerprint density at radius 1 is 1.24 bits per heavy atom. The first-order chi connectivity index (χ1) is 12.1. The summed E-state index contributed by atoms with van der Waals surface area (Å²) in [7, 11) is 0. The molecule has 0 aliphatic heterocycles. The van der Waals surface area contributed by atoms with E-state index in [-0.39, 0.29) is 11.9 Å². The molecule has 25 heavy (non-hydrogen) atoms. The van der Waals surface area contributed by atoms with Crippen molar-refractivity contribution in [3.63, 3.8) is 0 Å². The minimum absolute atomic E-state index is 0.201. The van der Waals surface area contributed by atoms with Gasteiger partial charge in [-0.25, -0.2) is 9.97 Å². The molecule has 3 aromatic rings. The first kappa shape index (κ1) is 15.8. The van der Waals surface area contributed by atoms with Gasteiger partial charge in [-0.05, 0) is 32.8 Å². The van der Waals surface area contributed by atoms with Gasteiger partial charge in [0.15, 0.2) is 5.65 Å². The summed E-state index contributed by atoms with van der Waals surface area (Å²) in [4.78, 5) is 21.4. The highest BCUT2D eigenvalue weighted by molar-refractivity contribution is 6.05. The highest BCUT2D eigenvalue weighted by atomic mass is 16.1. The molecule has 3 aromatic heterocycles. The van der Waals surface area contributed by atoms with Crippen LogP contribution in [0.25, 0.3) is 11.2 Å². The van der Waals surface area contributed by atoms with Gasteiger partial charge >= 0.3 is 0 Å². The second-order valence-corrected chi connectivity index (χ2v) is 6.91. The molecule has 0 aromatic carbocycles. The van der Waals surface area contributed by atoms with Crippen LogP contribution in [0, 0.1) is 0 Å². The molecule has 0 bridgehead atoms. The zero-order chi connectivity index (χ0) is 17.4. The minimum atomic E-state index is -0.201. The number of nitrogens with zero attached hydrogens (tertiary/aromatic N) is 5. The third-order valence-corrected chi connectivity index (χ3v) is 4.78. The maximum absolute atomic E-state index is 12.5. The number of carbonyl (C=O) groups is 1. The number of aromatic nitrogens is 5. The van der Waals surface area contributed by atoms with Gasteiger partial charge in [0, 0.05) is 24.5 Å². The van der Waals surface area contributed by atoms with E-state index in [1.807, 2.05) is 26.4 Å². The Morgan fingerprint density at radius 3 is 2.76 bits per heavy atom. The van der Waals surface area contributed by atoms with Gasteiger partial charge < -0.3 is 9.88 Å². The number of amides is 1. The Hall–Kier alpha value is -2.70. The monoisotopic (exact) mass is 338 g/mol. The van der Waals surface area contributed by atoms with Crippen LogP contribution in [0.5, 0.6) is 0 Å². The Morgan fingerprint density at radius 2 is 2.04 bits per heavy atom. The molecule has 3 heterocycles. The highest BCUT2D eigenvalue weighted by Crippen LogP contribution is 2.31. The van der Waals surface area contributed by atoms with Gasteiger partial charge in [0.2, 0.25) is 0 Å². The summed E-state index contributed by atoms with van der Waals surface area (Å²) in [6.07, 6.45) is 11.8. The van der Waals surface area contributed by atoms with E-state index in [9.17, 15) is 4.79 Å². The van der Waals surface area contributed by atoms with Crippen LogP contribution in [0.2, 0.25) is 0 Å². The number of hydrogen-bond donors (Lipinski definition) is 1. The van der Waals surface area contributed by atoms with Gasteiger partial charge in [-0.15, -0.1) is 0 Å². The molecule has 0 atom stereocenters. The topological polar surface area (TPSA) is 77.6 Å². The molecule has 1 saturated carbocycles. The number of fused-ring (bicyclic) bond motifs is 1. The molecule has 1 amide bonds. The SMILES string of the molecule is CC(C)n1cc(NC(=O)c2cnc3c(c2)ncn3C2CCCC2)cn1. The molecule has 0 unspecified atom stereocenters. The zero-order valence-corrected chi connectivity index (χ0v) is 14.5. The van der Waals surface area contributed by atoms with E-state index >= 15 is 0 Å². The standard InChI is InChI=1S/C18H22N6O/c1-12(2)24-10-14(9-21-24)22-18(25)13-7-16-17(19-8-13)23(11-20-16)15-5-3-4-6-15/h7-12,15H,3-6H2,1-2H3,(H,22,25). The van der Waals surface area contributed by atoms with Crippen LogP contribution in [-0.4, -0.2) is 30.2 Å². The van der Waals surface area contributed by atoms with E-state index in [2.05, 4.69) is 25.0 Å². The van der Waals surface area contributed by atoms with Crippen LogP contribution in [0.15, 0.2) is 31.0 Å². The molecule has 1 fully saturated rings. The van der Waals surface area contributed by atoms with Gasteiger partial charge in [0.05, 0.1) is 23.8 Å². The summed E-state index contributed by atoms with van der Waals surface area (Å²) >= 11 is 0. The van der Waals surface area contributed by atoms with Crippen molar-refractivity contribution in [2.45, 2.75) is 51.6 Å². The van der Waals surface area contributed by atoms with Crippen molar-refractivity contribution >= 4 is 22.8 Å². The lowest BCUT2D eigenvalue weighted by Crippen LogP contribution is -2.12. The smallest absolute Gasteiger partial charge is 0.257 e.